The molecule has 2 aliphatic heterocycles. The number of carboxylic acid groups (broad SMARTS) is 1. The van der Waals surface area contributed by atoms with E-state index in [0.29, 0.717) is 32.1 Å². The number of hydrogen-bond acceptors (Lipinski definition) is 6. The van der Waals surface area contributed by atoms with Gasteiger partial charge in [-0.1, -0.05) is 49.6 Å². The quantitative estimate of drug-likeness (QED) is 0.413. The van der Waals surface area contributed by atoms with Gasteiger partial charge in [-0.2, -0.15) is 0 Å². The van der Waals surface area contributed by atoms with Gasteiger partial charge in [-0.05, 0) is 72.9 Å². The van der Waals surface area contributed by atoms with Crippen molar-refractivity contribution in [1.82, 2.24) is 14.9 Å². The van der Waals surface area contributed by atoms with E-state index in [-0.39, 0.29) is 5.92 Å². The molecule has 2 aliphatic carbocycles. The van der Waals surface area contributed by atoms with Gasteiger partial charge < -0.3 is 14.7 Å². The van der Waals surface area contributed by atoms with Gasteiger partial charge in [0.25, 0.3) is 0 Å². The molecule has 3 fully saturated rings. The molecule has 1 N–H and O–H groups in total. The minimum atomic E-state index is -0.654. The Morgan fingerprint density at radius 2 is 1.93 bits per heavy atom. The number of aliphatic carboxylic acids is 1. The van der Waals surface area contributed by atoms with Crippen molar-refractivity contribution in [1.29, 1.82) is 0 Å². The third-order valence-corrected chi connectivity index (χ3v) is 9.81. The number of piperidine rings is 1. The lowest BCUT2D eigenvalue weighted by molar-refractivity contribution is -0.144. The van der Waals surface area contributed by atoms with E-state index in [1.807, 2.05) is 30.3 Å². The molecular formula is C33H38N4O3. The largest absolute Gasteiger partial charge is 0.488 e. The fraction of sp³-hybridized carbons (Fsp3) is 0.485. The molecule has 7 nitrogen and oxygen atoms in total. The van der Waals surface area contributed by atoms with Gasteiger partial charge in [0.05, 0.1) is 11.1 Å². The van der Waals surface area contributed by atoms with Crippen molar-refractivity contribution < 1.29 is 14.6 Å². The van der Waals surface area contributed by atoms with Crippen molar-refractivity contribution in [2.24, 2.45) is 11.3 Å². The summed E-state index contributed by atoms with van der Waals surface area (Å²) in [6, 6.07) is 17.6. The zero-order valence-corrected chi connectivity index (χ0v) is 23.1. The Hall–Kier alpha value is -3.45. The van der Waals surface area contributed by atoms with Crippen LogP contribution in [0.4, 0.5) is 5.95 Å². The number of carbonyl (C=O) groups is 1. The third kappa shape index (κ3) is 4.85. The second-order valence-electron chi connectivity index (χ2n) is 12.2. The van der Waals surface area contributed by atoms with Crippen LogP contribution in [0.5, 0.6) is 5.75 Å². The van der Waals surface area contributed by atoms with Crippen LogP contribution in [0, 0.1) is 11.3 Å². The van der Waals surface area contributed by atoms with Crippen molar-refractivity contribution in [2.45, 2.75) is 70.6 Å². The van der Waals surface area contributed by atoms with Gasteiger partial charge >= 0.3 is 5.97 Å². The van der Waals surface area contributed by atoms with Crippen LogP contribution in [0.1, 0.15) is 61.6 Å². The Balaban J connectivity index is 1.03. The molecule has 2 aromatic carbocycles. The van der Waals surface area contributed by atoms with Gasteiger partial charge in [-0.15, -0.1) is 0 Å². The molecule has 0 unspecified atom stereocenters. The summed E-state index contributed by atoms with van der Waals surface area (Å²) in [7, 11) is 0. The van der Waals surface area contributed by atoms with E-state index in [1.54, 1.807) is 6.20 Å². The van der Waals surface area contributed by atoms with Crippen LogP contribution in [0.15, 0.2) is 54.7 Å². The summed E-state index contributed by atoms with van der Waals surface area (Å²) >= 11 is 0. The Morgan fingerprint density at radius 1 is 1.05 bits per heavy atom. The molecule has 0 spiro atoms. The highest BCUT2D eigenvalue weighted by Crippen LogP contribution is 2.58. The fourth-order valence-corrected chi connectivity index (χ4v) is 7.26. The molecular weight excluding hydrogens is 500 g/mol. The summed E-state index contributed by atoms with van der Waals surface area (Å²) in [6.45, 7) is 4.12. The molecule has 1 aromatic heterocycles. The fourth-order valence-electron chi connectivity index (χ4n) is 7.26. The van der Waals surface area contributed by atoms with Crippen LogP contribution < -0.4 is 9.64 Å². The molecule has 40 heavy (non-hydrogen) atoms. The van der Waals surface area contributed by atoms with E-state index in [9.17, 15) is 9.90 Å². The van der Waals surface area contributed by atoms with Crippen molar-refractivity contribution in [3.8, 4) is 17.0 Å². The van der Waals surface area contributed by atoms with Crippen LogP contribution in [0.25, 0.3) is 11.3 Å². The minimum absolute atomic E-state index is 0.188. The van der Waals surface area contributed by atoms with Crippen LogP contribution >= 0.6 is 0 Å². The molecule has 0 radical (unpaired) electrons. The van der Waals surface area contributed by atoms with Crippen LogP contribution in [0.2, 0.25) is 0 Å². The first-order valence-corrected chi connectivity index (χ1v) is 15.0. The first-order chi connectivity index (χ1) is 19.6. The Bertz CT molecular complexity index is 1400. The highest BCUT2D eigenvalue weighted by Gasteiger charge is 2.62. The van der Waals surface area contributed by atoms with E-state index in [4.69, 9.17) is 9.72 Å². The molecule has 2 saturated carbocycles. The monoisotopic (exact) mass is 538 g/mol. The Morgan fingerprint density at radius 3 is 2.77 bits per heavy atom. The average molecular weight is 539 g/mol. The van der Waals surface area contributed by atoms with Crippen LogP contribution in [-0.2, 0) is 24.4 Å². The first kappa shape index (κ1) is 25.5. The lowest BCUT2D eigenvalue weighted by Gasteiger charge is -2.37. The van der Waals surface area contributed by atoms with Gasteiger partial charge in [0.1, 0.15) is 12.4 Å². The van der Waals surface area contributed by atoms with E-state index in [1.165, 1.54) is 48.8 Å². The summed E-state index contributed by atoms with van der Waals surface area (Å²) in [5.41, 5.74) is 5.38. The summed E-state index contributed by atoms with van der Waals surface area (Å²) in [5.74, 6) is 1.00. The van der Waals surface area contributed by atoms with Crippen molar-refractivity contribution in [2.75, 3.05) is 24.5 Å². The Kier molecular flexibility index (Phi) is 6.70. The highest BCUT2D eigenvalue weighted by atomic mass is 16.5. The Labute approximate surface area is 236 Å². The predicted octanol–water partition coefficient (Wildman–Crippen LogP) is 5.71. The molecule has 0 amide bonds. The third-order valence-electron chi connectivity index (χ3n) is 9.81. The first-order valence-electron chi connectivity index (χ1n) is 15.0. The molecule has 208 valence electrons. The summed E-state index contributed by atoms with van der Waals surface area (Å²) in [6.07, 6.45) is 11.2. The molecule has 2 atom stereocenters. The molecule has 7 heteroatoms. The number of rotatable bonds is 7. The average Bonchev–Trinajstić information content (AvgIpc) is 3.76. The van der Waals surface area contributed by atoms with Gasteiger partial charge in [0.15, 0.2) is 0 Å². The van der Waals surface area contributed by atoms with Gasteiger partial charge in [0, 0.05) is 44.0 Å². The molecule has 3 aromatic rings. The van der Waals surface area contributed by atoms with E-state index >= 15 is 0 Å². The van der Waals surface area contributed by atoms with Gasteiger partial charge in [-0.3, -0.25) is 9.69 Å². The number of hydrogen-bond donors (Lipinski definition) is 1. The molecule has 0 bridgehead atoms. The highest BCUT2D eigenvalue weighted by molar-refractivity contribution is 5.79. The maximum atomic E-state index is 11.7. The smallest absolute Gasteiger partial charge is 0.310 e. The van der Waals surface area contributed by atoms with Crippen molar-refractivity contribution in [3.05, 3.63) is 71.4 Å². The van der Waals surface area contributed by atoms with Crippen LogP contribution in [0.3, 0.4) is 0 Å². The second-order valence-corrected chi connectivity index (χ2v) is 12.2. The number of ether oxygens (including phenoxy) is 1. The number of anilines is 1. The lowest BCUT2D eigenvalue weighted by Crippen LogP contribution is -2.40. The number of benzene rings is 2. The zero-order valence-electron chi connectivity index (χ0n) is 23.1. The van der Waals surface area contributed by atoms with E-state index in [2.05, 4.69) is 33.0 Å². The SMILES string of the molecule is O=C(O)[C@@]12CCN(c3nccc(-c4ccccc4OCc4ccc5c(c4)CCN(C4CCCCC4)C5)n3)C[C@@H]1C2. The van der Waals surface area contributed by atoms with E-state index < -0.39 is 11.4 Å². The molecule has 7 rings (SSSR count). The number of para-hydroxylation sites is 1. The predicted molar refractivity (Wildman–Crippen MR) is 154 cm³/mol. The van der Waals surface area contributed by atoms with Crippen molar-refractivity contribution in [3.63, 3.8) is 0 Å². The maximum absolute atomic E-state index is 11.7. The summed E-state index contributed by atoms with van der Waals surface area (Å²) in [5, 5.41) is 9.60. The number of carboxylic acids is 1. The molecule has 4 aliphatic rings. The lowest BCUT2D eigenvalue weighted by atomic mass is 9.90. The van der Waals surface area contributed by atoms with Crippen LogP contribution in [-0.4, -0.2) is 51.6 Å². The topological polar surface area (TPSA) is 78.8 Å². The second kappa shape index (κ2) is 10.5. The van der Waals surface area contributed by atoms with Gasteiger partial charge in [0.2, 0.25) is 5.95 Å². The number of fused-ring (bicyclic) bond motifs is 2. The van der Waals surface area contributed by atoms with Crippen molar-refractivity contribution >= 4 is 11.9 Å². The summed E-state index contributed by atoms with van der Waals surface area (Å²) < 4.78 is 6.38. The van der Waals surface area contributed by atoms with E-state index in [0.717, 1.165) is 49.0 Å². The molecule has 1 saturated heterocycles. The normalized spacial score (nSPS) is 24.7. The standard InChI is InChI=1S/C33H38N4O3/c38-31(39)33-14-17-37(21-26(33)19-33)32-34-15-12-29(35-32)28-8-4-5-9-30(28)40-22-23-10-11-25-20-36(16-13-24(25)18-23)27-6-2-1-3-7-27/h4-5,8-12,15,18,26-27H,1-3,6-7,13-14,16-17,19-22H2,(H,38,39)/t26-,33+/m0/s1. The van der Waals surface area contributed by atoms with Gasteiger partial charge in [-0.25, -0.2) is 9.97 Å². The minimum Gasteiger partial charge on any atom is -0.488 e. The zero-order chi connectivity index (χ0) is 27.1. The number of nitrogens with zero attached hydrogens (tertiary/aromatic N) is 4. The molecule has 3 heterocycles. The maximum Gasteiger partial charge on any atom is 0.310 e. The number of aromatic nitrogens is 2. The summed E-state index contributed by atoms with van der Waals surface area (Å²) in [4.78, 5) is 25.9.